The molecular formula is C16H15NO3. The van der Waals surface area contributed by atoms with E-state index < -0.39 is 0 Å². The summed E-state index contributed by atoms with van der Waals surface area (Å²) in [6.45, 7) is 3.76. The SMILES string of the molecule is Cc1c(C(=O)N[C@H](C)c2ccco2)oc2ccccc12. The normalized spacial score (nSPS) is 12.5. The van der Waals surface area contributed by atoms with E-state index in [9.17, 15) is 4.79 Å². The van der Waals surface area contributed by atoms with Gasteiger partial charge in [-0.05, 0) is 32.0 Å². The molecule has 0 bridgehead atoms. The molecule has 0 saturated heterocycles. The van der Waals surface area contributed by atoms with Crippen LogP contribution in [0.4, 0.5) is 0 Å². The Hall–Kier alpha value is -2.49. The number of nitrogens with one attached hydrogen (secondary N) is 1. The molecule has 4 nitrogen and oxygen atoms in total. The second-order valence-electron chi connectivity index (χ2n) is 4.76. The van der Waals surface area contributed by atoms with Crippen LogP contribution >= 0.6 is 0 Å². The first-order chi connectivity index (χ1) is 9.66. The van der Waals surface area contributed by atoms with Gasteiger partial charge in [0.25, 0.3) is 5.91 Å². The number of amides is 1. The summed E-state index contributed by atoms with van der Waals surface area (Å²) in [4.78, 5) is 12.3. The van der Waals surface area contributed by atoms with Crippen molar-refractivity contribution in [3.05, 3.63) is 59.7 Å². The van der Waals surface area contributed by atoms with E-state index in [0.717, 1.165) is 16.5 Å². The van der Waals surface area contributed by atoms with Crippen LogP contribution in [0.1, 0.15) is 34.8 Å². The van der Waals surface area contributed by atoms with Gasteiger partial charge in [0.05, 0.1) is 12.3 Å². The predicted octanol–water partition coefficient (Wildman–Crippen LogP) is 3.83. The number of hydrogen-bond donors (Lipinski definition) is 1. The summed E-state index contributed by atoms with van der Waals surface area (Å²) in [6.07, 6.45) is 1.59. The van der Waals surface area contributed by atoms with Crippen LogP contribution in [0.3, 0.4) is 0 Å². The van der Waals surface area contributed by atoms with Gasteiger partial charge in [0.15, 0.2) is 5.76 Å². The monoisotopic (exact) mass is 269 g/mol. The molecular weight excluding hydrogens is 254 g/mol. The molecule has 0 fully saturated rings. The van der Waals surface area contributed by atoms with E-state index in [1.807, 2.05) is 44.2 Å². The minimum absolute atomic E-state index is 0.204. The van der Waals surface area contributed by atoms with Gasteiger partial charge in [-0.15, -0.1) is 0 Å². The highest BCUT2D eigenvalue weighted by Crippen LogP contribution is 2.25. The lowest BCUT2D eigenvalue weighted by Crippen LogP contribution is -2.26. The maximum atomic E-state index is 12.3. The first kappa shape index (κ1) is 12.5. The van der Waals surface area contributed by atoms with Gasteiger partial charge in [-0.2, -0.15) is 0 Å². The molecule has 4 heteroatoms. The molecule has 102 valence electrons. The average molecular weight is 269 g/mol. The van der Waals surface area contributed by atoms with Crippen LogP contribution < -0.4 is 5.32 Å². The molecule has 0 radical (unpaired) electrons. The number of aryl methyl sites for hydroxylation is 1. The summed E-state index contributed by atoms with van der Waals surface area (Å²) in [5.74, 6) is 0.833. The largest absolute Gasteiger partial charge is 0.467 e. The molecule has 2 aromatic heterocycles. The van der Waals surface area contributed by atoms with Gasteiger partial charge in [-0.25, -0.2) is 0 Å². The van der Waals surface area contributed by atoms with Crippen LogP contribution in [0, 0.1) is 6.92 Å². The molecule has 2 heterocycles. The van der Waals surface area contributed by atoms with E-state index in [2.05, 4.69) is 5.32 Å². The van der Waals surface area contributed by atoms with Crippen molar-refractivity contribution in [1.29, 1.82) is 0 Å². The van der Waals surface area contributed by atoms with Crippen molar-refractivity contribution in [3.8, 4) is 0 Å². The fourth-order valence-corrected chi connectivity index (χ4v) is 2.26. The minimum atomic E-state index is -0.234. The summed E-state index contributed by atoms with van der Waals surface area (Å²) in [7, 11) is 0. The number of benzene rings is 1. The molecule has 3 rings (SSSR count). The van der Waals surface area contributed by atoms with Gasteiger partial charge in [0, 0.05) is 10.9 Å². The summed E-state index contributed by atoms with van der Waals surface area (Å²) in [5.41, 5.74) is 1.57. The van der Waals surface area contributed by atoms with Crippen molar-refractivity contribution in [2.75, 3.05) is 0 Å². The fourth-order valence-electron chi connectivity index (χ4n) is 2.26. The smallest absolute Gasteiger partial charge is 0.287 e. The van der Waals surface area contributed by atoms with Crippen molar-refractivity contribution in [1.82, 2.24) is 5.32 Å². The van der Waals surface area contributed by atoms with E-state index >= 15 is 0 Å². The number of rotatable bonds is 3. The molecule has 3 aromatic rings. The zero-order valence-corrected chi connectivity index (χ0v) is 11.3. The second-order valence-corrected chi connectivity index (χ2v) is 4.76. The quantitative estimate of drug-likeness (QED) is 0.786. The molecule has 1 aromatic carbocycles. The lowest BCUT2D eigenvalue weighted by molar-refractivity contribution is 0.0908. The van der Waals surface area contributed by atoms with Crippen molar-refractivity contribution in [3.63, 3.8) is 0 Å². The van der Waals surface area contributed by atoms with Gasteiger partial charge < -0.3 is 14.2 Å². The zero-order valence-electron chi connectivity index (χ0n) is 11.3. The van der Waals surface area contributed by atoms with Crippen molar-refractivity contribution >= 4 is 16.9 Å². The van der Waals surface area contributed by atoms with Gasteiger partial charge in [-0.3, -0.25) is 4.79 Å². The third kappa shape index (κ3) is 2.09. The molecule has 0 aliphatic rings. The molecule has 0 saturated carbocycles. The lowest BCUT2D eigenvalue weighted by Gasteiger charge is -2.10. The van der Waals surface area contributed by atoms with E-state index in [4.69, 9.17) is 8.83 Å². The molecule has 0 aliphatic heterocycles. The molecule has 1 N–H and O–H groups in total. The average Bonchev–Trinajstić information content (AvgIpc) is 3.07. The van der Waals surface area contributed by atoms with E-state index in [0.29, 0.717) is 11.5 Å². The Morgan fingerprint density at radius 3 is 2.70 bits per heavy atom. The Labute approximate surface area is 116 Å². The minimum Gasteiger partial charge on any atom is -0.467 e. The second kappa shape index (κ2) is 4.89. The fraction of sp³-hybridized carbons (Fsp3) is 0.188. The number of carbonyl (C=O) groups excluding carboxylic acids is 1. The van der Waals surface area contributed by atoms with Gasteiger partial charge in [0.1, 0.15) is 11.3 Å². The molecule has 0 unspecified atom stereocenters. The first-order valence-electron chi connectivity index (χ1n) is 6.49. The number of furan rings is 2. The highest BCUT2D eigenvalue weighted by Gasteiger charge is 2.20. The van der Waals surface area contributed by atoms with E-state index in [-0.39, 0.29) is 11.9 Å². The van der Waals surface area contributed by atoms with Crippen molar-refractivity contribution < 1.29 is 13.6 Å². The van der Waals surface area contributed by atoms with E-state index in [1.54, 1.807) is 12.3 Å². The maximum Gasteiger partial charge on any atom is 0.287 e. The maximum absolute atomic E-state index is 12.3. The Kier molecular flexibility index (Phi) is 3.06. The summed E-state index contributed by atoms with van der Waals surface area (Å²) in [6, 6.07) is 11.0. The standard InChI is InChI=1S/C16H15NO3/c1-10-12-6-3-4-7-14(12)20-15(10)16(18)17-11(2)13-8-5-9-19-13/h3-9,11H,1-2H3,(H,17,18)/t11-/m1/s1. The van der Waals surface area contributed by atoms with E-state index in [1.165, 1.54) is 0 Å². The zero-order chi connectivity index (χ0) is 14.1. The van der Waals surface area contributed by atoms with Crippen LogP contribution in [0.25, 0.3) is 11.0 Å². The molecule has 1 atom stereocenters. The Morgan fingerprint density at radius 2 is 2.00 bits per heavy atom. The lowest BCUT2D eigenvalue weighted by atomic mass is 10.1. The number of carbonyl (C=O) groups is 1. The summed E-state index contributed by atoms with van der Waals surface area (Å²) >= 11 is 0. The highest BCUT2D eigenvalue weighted by molar-refractivity contribution is 5.99. The summed E-state index contributed by atoms with van der Waals surface area (Å²) in [5, 5.41) is 3.84. The van der Waals surface area contributed by atoms with Crippen LogP contribution in [-0.2, 0) is 0 Å². The van der Waals surface area contributed by atoms with Gasteiger partial charge >= 0.3 is 0 Å². The summed E-state index contributed by atoms with van der Waals surface area (Å²) < 4.78 is 10.9. The van der Waals surface area contributed by atoms with Crippen molar-refractivity contribution in [2.45, 2.75) is 19.9 Å². The van der Waals surface area contributed by atoms with Crippen LogP contribution in [-0.4, -0.2) is 5.91 Å². The highest BCUT2D eigenvalue weighted by atomic mass is 16.3. The number of fused-ring (bicyclic) bond motifs is 1. The molecule has 1 amide bonds. The molecule has 20 heavy (non-hydrogen) atoms. The van der Waals surface area contributed by atoms with Crippen LogP contribution in [0.5, 0.6) is 0 Å². The van der Waals surface area contributed by atoms with Crippen molar-refractivity contribution in [2.24, 2.45) is 0 Å². The Balaban J connectivity index is 1.87. The predicted molar refractivity (Wildman–Crippen MR) is 75.5 cm³/mol. The third-order valence-corrected chi connectivity index (χ3v) is 3.37. The van der Waals surface area contributed by atoms with Crippen LogP contribution in [0.15, 0.2) is 51.5 Å². The first-order valence-corrected chi connectivity index (χ1v) is 6.49. The number of hydrogen-bond acceptors (Lipinski definition) is 3. The Morgan fingerprint density at radius 1 is 1.20 bits per heavy atom. The van der Waals surface area contributed by atoms with Gasteiger partial charge in [0.2, 0.25) is 0 Å². The molecule has 0 aliphatic carbocycles. The third-order valence-electron chi connectivity index (χ3n) is 3.37. The topological polar surface area (TPSA) is 55.4 Å². The van der Waals surface area contributed by atoms with Gasteiger partial charge in [-0.1, -0.05) is 18.2 Å². The molecule has 0 spiro atoms. The van der Waals surface area contributed by atoms with Crippen LogP contribution in [0.2, 0.25) is 0 Å². The number of para-hydroxylation sites is 1. The Bertz CT molecular complexity index is 740.